The maximum atomic E-state index is 11.6. The Hall–Kier alpha value is -2.77. The van der Waals surface area contributed by atoms with Gasteiger partial charge in [0, 0.05) is 16.8 Å². The summed E-state index contributed by atoms with van der Waals surface area (Å²) in [6.07, 6.45) is 0. The van der Waals surface area contributed by atoms with Crippen LogP contribution in [0, 0.1) is 0 Å². The molecule has 0 aliphatic carbocycles. The molecular formula is C16H12N2O4S. The molecule has 3 aromatic rings. The molecule has 0 saturated carbocycles. The largest absolute Gasteiger partial charge is 0.507 e. The van der Waals surface area contributed by atoms with E-state index >= 15 is 0 Å². The highest BCUT2D eigenvalue weighted by Crippen LogP contribution is 2.39. The van der Waals surface area contributed by atoms with Crippen molar-refractivity contribution in [2.45, 2.75) is 4.90 Å². The Bertz CT molecular complexity index is 999. The first kappa shape index (κ1) is 15.1. The molecule has 0 fully saturated rings. The van der Waals surface area contributed by atoms with Crippen molar-refractivity contribution < 1.29 is 18.1 Å². The van der Waals surface area contributed by atoms with Gasteiger partial charge >= 0.3 is 0 Å². The summed E-state index contributed by atoms with van der Waals surface area (Å²) in [7, 11) is -4.57. The van der Waals surface area contributed by atoms with Crippen LogP contribution in [0.15, 0.2) is 75.8 Å². The average Bonchev–Trinajstić information content (AvgIpc) is 2.54. The lowest BCUT2D eigenvalue weighted by molar-refractivity contribution is 0.471. The minimum Gasteiger partial charge on any atom is -0.507 e. The molecule has 2 N–H and O–H groups in total. The second kappa shape index (κ2) is 5.79. The second-order valence-corrected chi connectivity index (χ2v) is 6.19. The maximum Gasteiger partial charge on any atom is 0.296 e. The lowest BCUT2D eigenvalue weighted by Gasteiger charge is -2.08. The van der Waals surface area contributed by atoms with Gasteiger partial charge in [0.2, 0.25) is 0 Å². The number of fused-ring (bicyclic) bond motifs is 1. The monoisotopic (exact) mass is 328 g/mol. The van der Waals surface area contributed by atoms with Crippen LogP contribution in [0.5, 0.6) is 5.75 Å². The molecular weight excluding hydrogens is 316 g/mol. The predicted octanol–water partition coefficient (Wildman–Crippen LogP) is 4.21. The SMILES string of the molecule is O=S(=O)(O)c1cc(O)c2ccccc2c1N=Nc1ccccc1. The summed E-state index contributed by atoms with van der Waals surface area (Å²) in [6.45, 7) is 0. The van der Waals surface area contributed by atoms with Crippen LogP contribution in [0.3, 0.4) is 0 Å². The summed E-state index contributed by atoms with van der Waals surface area (Å²) >= 11 is 0. The second-order valence-electron chi connectivity index (χ2n) is 4.80. The van der Waals surface area contributed by atoms with Crippen LogP contribution in [-0.2, 0) is 10.1 Å². The molecule has 3 aromatic carbocycles. The molecule has 3 rings (SSSR count). The number of azo groups is 1. The van der Waals surface area contributed by atoms with Crippen LogP contribution >= 0.6 is 0 Å². The third-order valence-electron chi connectivity index (χ3n) is 3.26. The number of nitrogens with zero attached hydrogens (tertiary/aromatic N) is 2. The fourth-order valence-corrected chi connectivity index (χ4v) is 2.87. The fraction of sp³-hybridized carbons (Fsp3) is 0. The molecule has 0 aliphatic heterocycles. The van der Waals surface area contributed by atoms with Gasteiger partial charge in [-0.3, -0.25) is 4.55 Å². The topological polar surface area (TPSA) is 99.3 Å². The Balaban J connectivity index is 2.29. The molecule has 0 aliphatic rings. The number of rotatable bonds is 3. The fourth-order valence-electron chi connectivity index (χ4n) is 2.22. The molecule has 0 amide bonds. The van der Waals surface area contributed by atoms with Crippen LogP contribution < -0.4 is 0 Å². The third kappa shape index (κ3) is 3.05. The van der Waals surface area contributed by atoms with Crippen LogP contribution in [0.4, 0.5) is 11.4 Å². The summed E-state index contributed by atoms with van der Waals surface area (Å²) in [5.41, 5.74) is 0.510. The Kier molecular flexibility index (Phi) is 3.81. The zero-order valence-electron chi connectivity index (χ0n) is 11.8. The van der Waals surface area contributed by atoms with Gasteiger partial charge in [0.05, 0.1) is 5.69 Å². The first-order valence-electron chi connectivity index (χ1n) is 6.66. The standard InChI is InChI=1S/C16H12N2O4S/c19-14-10-15(23(20,21)22)16(13-9-5-4-8-12(13)14)18-17-11-6-2-1-3-7-11/h1-10,19H,(H,20,21,22). The molecule has 0 aromatic heterocycles. The van der Waals surface area contributed by atoms with Gasteiger partial charge in [0.1, 0.15) is 16.3 Å². The molecule has 23 heavy (non-hydrogen) atoms. The Morgan fingerprint density at radius 2 is 1.43 bits per heavy atom. The van der Waals surface area contributed by atoms with Gasteiger partial charge in [-0.15, -0.1) is 5.11 Å². The molecule has 0 saturated heterocycles. The van der Waals surface area contributed by atoms with Crippen molar-refractivity contribution in [2.75, 3.05) is 0 Å². The van der Waals surface area contributed by atoms with Crippen molar-refractivity contribution in [3.8, 4) is 5.75 Å². The highest BCUT2D eigenvalue weighted by atomic mass is 32.2. The lowest BCUT2D eigenvalue weighted by atomic mass is 10.1. The van der Waals surface area contributed by atoms with E-state index in [-0.39, 0.29) is 11.4 Å². The van der Waals surface area contributed by atoms with E-state index in [0.29, 0.717) is 16.5 Å². The molecule has 6 nitrogen and oxygen atoms in total. The molecule has 0 heterocycles. The van der Waals surface area contributed by atoms with E-state index < -0.39 is 15.0 Å². The summed E-state index contributed by atoms with van der Waals surface area (Å²) < 4.78 is 32.6. The van der Waals surface area contributed by atoms with Crippen LogP contribution in [0.1, 0.15) is 0 Å². The summed E-state index contributed by atoms with van der Waals surface area (Å²) in [5.74, 6) is -0.258. The molecule has 0 spiro atoms. The number of aromatic hydroxyl groups is 1. The lowest BCUT2D eigenvalue weighted by Crippen LogP contribution is -1.99. The molecule has 116 valence electrons. The van der Waals surface area contributed by atoms with Gasteiger partial charge in [-0.25, -0.2) is 0 Å². The highest BCUT2D eigenvalue weighted by molar-refractivity contribution is 7.86. The summed E-state index contributed by atoms with van der Waals surface area (Å²) in [5, 5.41) is 18.8. The van der Waals surface area contributed by atoms with E-state index in [4.69, 9.17) is 0 Å². The molecule has 0 bridgehead atoms. The molecule has 7 heteroatoms. The van der Waals surface area contributed by atoms with Gasteiger partial charge in [-0.1, -0.05) is 42.5 Å². The van der Waals surface area contributed by atoms with Gasteiger partial charge in [-0.05, 0) is 12.1 Å². The van der Waals surface area contributed by atoms with Crippen LogP contribution in [-0.4, -0.2) is 18.1 Å². The number of hydrogen-bond donors (Lipinski definition) is 2. The van der Waals surface area contributed by atoms with Crippen molar-refractivity contribution in [1.82, 2.24) is 0 Å². The van der Waals surface area contributed by atoms with Gasteiger partial charge < -0.3 is 5.11 Å². The third-order valence-corrected chi connectivity index (χ3v) is 4.13. The van der Waals surface area contributed by atoms with E-state index in [0.717, 1.165) is 6.07 Å². The van der Waals surface area contributed by atoms with E-state index in [1.54, 1.807) is 48.5 Å². The summed E-state index contributed by atoms with van der Waals surface area (Å²) in [4.78, 5) is -0.492. The van der Waals surface area contributed by atoms with Crippen molar-refractivity contribution >= 4 is 32.3 Å². The van der Waals surface area contributed by atoms with Crippen molar-refractivity contribution in [3.05, 3.63) is 60.7 Å². The minimum absolute atomic E-state index is 0.0234. The van der Waals surface area contributed by atoms with Gasteiger partial charge in [-0.2, -0.15) is 13.5 Å². The van der Waals surface area contributed by atoms with E-state index in [1.807, 2.05) is 6.07 Å². The van der Waals surface area contributed by atoms with Crippen LogP contribution in [0.2, 0.25) is 0 Å². The first-order chi connectivity index (χ1) is 11.0. The van der Waals surface area contributed by atoms with Gasteiger partial charge in [0.25, 0.3) is 10.1 Å². The first-order valence-corrected chi connectivity index (χ1v) is 8.10. The number of phenolic OH excluding ortho intramolecular Hbond substituents is 1. The quantitative estimate of drug-likeness (QED) is 0.555. The summed E-state index contributed by atoms with van der Waals surface area (Å²) in [6, 6.07) is 16.3. The minimum atomic E-state index is -4.57. The molecule has 0 radical (unpaired) electrons. The maximum absolute atomic E-state index is 11.6. The predicted molar refractivity (Wildman–Crippen MR) is 86.0 cm³/mol. The number of benzene rings is 3. The Morgan fingerprint density at radius 3 is 2.09 bits per heavy atom. The van der Waals surface area contributed by atoms with E-state index in [1.165, 1.54) is 0 Å². The van der Waals surface area contributed by atoms with Crippen molar-refractivity contribution in [3.63, 3.8) is 0 Å². The van der Waals surface area contributed by atoms with Crippen molar-refractivity contribution in [2.24, 2.45) is 10.2 Å². The number of hydrogen-bond acceptors (Lipinski definition) is 5. The zero-order chi connectivity index (χ0) is 16.4. The van der Waals surface area contributed by atoms with E-state index in [9.17, 15) is 18.1 Å². The van der Waals surface area contributed by atoms with Gasteiger partial charge in [0.15, 0.2) is 0 Å². The highest BCUT2D eigenvalue weighted by Gasteiger charge is 2.20. The normalized spacial score (nSPS) is 12.0. The Labute approximate surface area is 132 Å². The van der Waals surface area contributed by atoms with Crippen molar-refractivity contribution in [1.29, 1.82) is 0 Å². The van der Waals surface area contributed by atoms with Crippen LogP contribution in [0.25, 0.3) is 10.8 Å². The zero-order valence-corrected chi connectivity index (χ0v) is 12.6. The molecule has 0 atom stereocenters. The van der Waals surface area contributed by atoms with E-state index in [2.05, 4.69) is 10.2 Å². The average molecular weight is 328 g/mol. The molecule has 0 unspecified atom stereocenters. The smallest absolute Gasteiger partial charge is 0.296 e. The Morgan fingerprint density at radius 1 is 0.826 bits per heavy atom. The number of phenols is 1.